The molecule has 0 amide bonds. The normalized spacial score (nSPS) is 17.5. The molecule has 1 atom stereocenters. The molecule has 1 unspecified atom stereocenters. The molecular weight excluding hydrogens is 411 g/mol. The summed E-state index contributed by atoms with van der Waals surface area (Å²) in [4.78, 5) is 5.11. The molecule has 0 radical (unpaired) electrons. The van der Waals surface area contributed by atoms with E-state index in [1.54, 1.807) is 0 Å². The average Bonchev–Trinajstić information content (AvgIpc) is 3.19. The first-order valence-corrected chi connectivity index (χ1v) is 12.1. The number of aryl methyl sites for hydroxylation is 2. The van der Waals surface area contributed by atoms with Crippen LogP contribution in [0.2, 0.25) is 0 Å². The van der Waals surface area contributed by atoms with Gasteiger partial charge in [0, 0.05) is 36.9 Å². The van der Waals surface area contributed by atoms with Gasteiger partial charge in [0.2, 0.25) is 0 Å². The Hall–Kier alpha value is -2.66. The van der Waals surface area contributed by atoms with E-state index in [1.165, 1.54) is 23.4 Å². The molecule has 0 bridgehead atoms. The van der Waals surface area contributed by atoms with Crippen molar-refractivity contribution in [2.75, 3.05) is 31.1 Å². The van der Waals surface area contributed by atoms with Crippen LogP contribution in [-0.2, 0) is 12.0 Å². The molecular formula is C28H37FN4. The van der Waals surface area contributed by atoms with Crippen molar-refractivity contribution in [1.82, 2.24) is 14.7 Å². The van der Waals surface area contributed by atoms with Gasteiger partial charge in [-0.05, 0) is 102 Å². The molecule has 1 aromatic heterocycles. The summed E-state index contributed by atoms with van der Waals surface area (Å²) in [5.74, 6) is -0.211. The van der Waals surface area contributed by atoms with Crippen molar-refractivity contribution in [2.45, 2.75) is 59.0 Å². The SMILES string of the molecule is Cc1cccc(N2CCN(CCCc3cc(-c4ccc(F)cc4)n(C(C)(C)C)n3)CC2C)c1. The minimum atomic E-state index is -0.211. The van der Waals surface area contributed by atoms with Gasteiger partial charge in [0.05, 0.1) is 16.9 Å². The number of piperazine rings is 1. The molecule has 2 heterocycles. The highest BCUT2D eigenvalue weighted by Crippen LogP contribution is 2.27. The second-order valence-corrected chi connectivity index (χ2v) is 10.4. The first kappa shape index (κ1) is 23.5. The lowest BCUT2D eigenvalue weighted by Gasteiger charge is -2.41. The highest BCUT2D eigenvalue weighted by Gasteiger charge is 2.24. The predicted molar refractivity (Wildman–Crippen MR) is 135 cm³/mol. The summed E-state index contributed by atoms with van der Waals surface area (Å²) in [6, 6.07) is 18.2. The molecule has 0 spiro atoms. The zero-order valence-corrected chi connectivity index (χ0v) is 20.7. The lowest BCUT2D eigenvalue weighted by atomic mass is 10.1. The van der Waals surface area contributed by atoms with E-state index in [1.807, 2.05) is 12.1 Å². The second-order valence-electron chi connectivity index (χ2n) is 10.4. The van der Waals surface area contributed by atoms with E-state index in [0.717, 1.165) is 56.0 Å². The fourth-order valence-corrected chi connectivity index (χ4v) is 4.80. The van der Waals surface area contributed by atoms with E-state index in [2.05, 4.69) is 79.4 Å². The van der Waals surface area contributed by atoms with Gasteiger partial charge in [-0.1, -0.05) is 12.1 Å². The van der Waals surface area contributed by atoms with Crippen LogP contribution in [0.25, 0.3) is 11.3 Å². The van der Waals surface area contributed by atoms with Crippen molar-refractivity contribution in [2.24, 2.45) is 0 Å². The van der Waals surface area contributed by atoms with Gasteiger partial charge in [-0.3, -0.25) is 9.58 Å². The monoisotopic (exact) mass is 448 g/mol. The minimum Gasteiger partial charge on any atom is -0.366 e. The van der Waals surface area contributed by atoms with Crippen LogP contribution in [0.1, 0.15) is 45.4 Å². The first-order valence-electron chi connectivity index (χ1n) is 12.1. The smallest absolute Gasteiger partial charge is 0.123 e. The Kier molecular flexibility index (Phi) is 6.89. The first-order chi connectivity index (χ1) is 15.7. The van der Waals surface area contributed by atoms with Crippen molar-refractivity contribution in [3.8, 4) is 11.3 Å². The molecule has 2 aromatic carbocycles. The van der Waals surface area contributed by atoms with Crippen LogP contribution < -0.4 is 4.90 Å². The molecule has 1 saturated heterocycles. The minimum absolute atomic E-state index is 0.135. The van der Waals surface area contributed by atoms with Crippen LogP contribution in [0.3, 0.4) is 0 Å². The second kappa shape index (κ2) is 9.68. The maximum Gasteiger partial charge on any atom is 0.123 e. The van der Waals surface area contributed by atoms with Crippen LogP contribution in [0.4, 0.5) is 10.1 Å². The van der Waals surface area contributed by atoms with Gasteiger partial charge >= 0.3 is 0 Å². The molecule has 176 valence electrons. The van der Waals surface area contributed by atoms with E-state index in [9.17, 15) is 4.39 Å². The molecule has 5 heteroatoms. The average molecular weight is 449 g/mol. The third-order valence-corrected chi connectivity index (χ3v) is 6.49. The number of rotatable bonds is 6. The Morgan fingerprint density at radius 3 is 2.45 bits per heavy atom. The summed E-state index contributed by atoms with van der Waals surface area (Å²) in [5, 5.41) is 4.93. The molecule has 33 heavy (non-hydrogen) atoms. The van der Waals surface area contributed by atoms with Gasteiger partial charge in [-0.25, -0.2) is 4.39 Å². The number of benzene rings is 2. The van der Waals surface area contributed by atoms with Gasteiger partial charge in [-0.2, -0.15) is 5.10 Å². The molecule has 4 rings (SSSR count). The molecule has 4 nitrogen and oxygen atoms in total. The fourth-order valence-electron chi connectivity index (χ4n) is 4.80. The molecule has 1 aliphatic heterocycles. The number of anilines is 1. The Balaban J connectivity index is 1.37. The lowest BCUT2D eigenvalue weighted by Crippen LogP contribution is -2.52. The van der Waals surface area contributed by atoms with E-state index in [4.69, 9.17) is 5.10 Å². The maximum absolute atomic E-state index is 13.4. The summed E-state index contributed by atoms with van der Waals surface area (Å²) in [6.07, 6.45) is 2.03. The zero-order chi connectivity index (χ0) is 23.6. The molecule has 0 N–H and O–H groups in total. The third-order valence-electron chi connectivity index (χ3n) is 6.49. The van der Waals surface area contributed by atoms with Crippen LogP contribution in [0.5, 0.6) is 0 Å². The Morgan fingerprint density at radius 2 is 1.79 bits per heavy atom. The molecule has 0 aliphatic carbocycles. The van der Waals surface area contributed by atoms with Gasteiger partial charge in [0.25, 0.3) is 0 Å². The molecule has 3 aromatic rings. The van der Waals surface area contributed by atoms with Crippen molar-refractivity contribution in [1.29, 1.82) is 0 Å². The van der Waals surface area contributed by atoms with E-state index >= 15 is 0 Å². The summed E-state index contributed by atoms with van der Waals surface area (Å²) >= 11 is 0. The Bertz CT molecular complexity index is 1060. The molecule has 0 saturated carbocycles. The fraction of sp³-hybridized carbons (Fsp3) is 0.464. The van der Waals surface area contributed by atoms with E-state index < -0.39 is 0 Å². The van der Waals surface area contributed by atoms with Crippen LogP contribution in [0, 0.1) is 12.7 Å². The van der Waals surface area contributed by atoms with Crippen LogP contribution in [0.15, 0.2) is 54.6 Å². The summed E-state index contributed by atoms with van der Waals surface area (Å²) in [5.41, 5.74) is 5.68. The summed E-state index contributed by atoms with van der Waals surface area (Å²) in [7, 11) is 0. The van der Waals surface area contributed by atoms with Crippen molar-refractivity contribution in [3.05, 3.63) is 71.7 Å². The highest BCUT2D eigenvalue weighted by molar-refractivity contribution is 5.60. The Morgan fingerprint density at radius 1 is 1.03 bits per heavy atom. The van der Waals surface area contributed by atoms with Crippen molar-refractivity contribution < 1.29 is 4.39 Å². The zero-order valence-electron chi connectivity index (χ0n) is 20.7. The maximum atomic E-state index is 13.4. The highest BCUT2D eigenvalue weighted by atomic mass is 19.1. The predicted octanol–water partition coefficient (Wildman–Crippen LogP) is 5.90. The number of nitrogens with zero attached hydrogens (tertiary/aromatic N) is 4. The molecule has 1 aliphatic rings. The van der Waals surface area contributed by atoms with Gasteiger partial charge in [-0.15, -0.1) is 0 Å². The Labute approximate surface area is 198 Å². The van der Waals surface area contributed by atoms with E-state index in [0.29, 0.717) is 6.04 Å². The lowest BCUT2D eigenvalue weighted by molar-refractivity contribution is 0.226. The number of halogens is 1. The van der Waals surface area contributed by atoms with E-state index in [-0.39, 0.29) is 11.4 Å². The summed E-state index contributed by atoms with van der Waals surface area (Å²) in [6.45, 7) is 15.3. The third kappa shape index (κ3) is 5.64. The van der Waals surface area contributed by atoms with Gasteiger partial charge in [0.1, 0.15) is 5.82 Å². The number of aromatic nitrogens is 2. The largest absolute Gasteiger partial charge is 0.366 e. The standard InChI is InChI=1S/C28H37FN4/c1-21-8-6-10-26(18-21)32-17-16-31(20-22(32)2)15-7-9-25-19-27(33(30-25)28(3,4)5)23-11-13-24(29)14-12-23/h6,8,10-14,18-19,22H,7,9,15-17,20H2,1-5H3. The van der Waals surface area contributed by atoms with Crippen LogP contribution in [-0.4, -0.2) is 46.9 Å². The van der Waals surface area contributed by atoms with Gasteiger partial charge in [0.15, 0.2) is 0 Å². The van der Waals surface area contributed by atoms with Crippen LogP contribution >= 0.6 is 0 Å². The molecule has 1 fully saturated rings. The van der Waals surface area contributed by atoms with Gasteiger partial charge < -0.3 is 4.90 Å². The number of hydrogen-bond acceptors (Lipinski definition) is 3. The van der Waals surface area contributed by atoms with Crippen molar-refractivity contribution in [3.63, 3.8) is 0 Å². The summed E-state index contributed by atoms with van der Waals surface area (Å²) < 4.78 is 15.5. The van der Waals surface area contributed by atoms with Crippen molar-refractivity contribution >= 4 is 5.69 Å². The topological polar surface area (TPSA) is 24.3 Å². The quantitative estimate of drug-likeness (QED) is 0.469. The number of hydrogen-bond donors (Lipinski definition) is 0.